The number of hydrogen-bond acceptors (Lipinski definition) is 4. The Balaban J connectivity index is 1.68. The molecule has 1 aliphatic rings. The fourth-order valence-corrected chi connectivity index (χ4v) is 2.59. The van der Waals surface area contributed by atoms with E-state index in [9.17, 15) is 9.59 Å². The minimum atomic E-state index is -0.322. The van der Waals surface area contributed by atoms with Gasteiger partial charge in [-0.15, -0.1) is 0 Å². The van der Waals surface area contributed by atoms with Crippen LogP contribution in [0.1, 0.15) is 16.1 Å². The molecule has 3 rings (SSSR count). The van der Waals surface area contributed by atoms with Crippen LogP contribution < -0.4 is 10.5 Å². The van der Waals surface area contributed by atoms with Gasteiger partial charge in [0.1, 0.15) is 11.4 Å². The van der Waals surface area contributed by atoms with Crippen molar-refractivity contribution in [3.05, 3.63) is 58.1 Å². The summed E-state index contributed by atoms with van der Waals surface area (Å²) in [6.07, 6.45) is 1.76. The molecule has 0 unspecified atom stereocenters. The highest BCUT2D eigenvalue weighted by Gasteiger charge is 2.24. The lowest BCUT2D eigenvalue weighted by molar-refractivity contribution is 0.0744. The van der Waals surface area contributed by atoms with Crippen molar-refractivity contribution in [3.63, 3.8) is 0 Å². The fourth-order valence-electron chi connectivity index (χ4n) is 2.59. The number of carbonyl (C=O) groups excluding carboxylic acids is 1. The summed E-state index contributed by atoms with van der Waals surface area (Å²) in [5.74, 6) is 0.713. The number of anilines is 1. The molecule has 0 aliphatic carbocycles. The Hall–Kier alpha value is -2.63. The van der Waals surface area contributed by atoms with Crippen molar-refractivity contribution in [3.8, 4) is 0 Å². The maximum atomic E-state index is 12.4. The molecule has 0 saturated carbocycles. The van der Waals surface area contributed by atoms with E-state index in [4.69, 9.17) is 0 Å². The molecule has 22 heavy (non-hydrogen) atoms. The quantitative estimate of drug-likeness (QED) is 0.899. The number of carbonyl (C=O) groups is 1. The van der Waals surface area contributed by atoms with E-state index < -0.39 is 0 Å². The summed E-state index contributed by atoms with van der Waals surface area (Å²) in [6, 6.07) is 9.14. The van der Waals surface area contributed by atoms with Crippen LogP contribution in [0.15, 0.2) is 41.3 Å². The molecular weight excluding hydrogens is 280 g/mol. The molecule has 1 saturated heterocycles. The van der Waals surface area contributed by atoms with Crippen LogP contribution in [-0.2, 0) is 0 Å². The summed E-state index contributed by atoms with van der Waals surface area (Å²) in [6.45, 7) is 4.39. The highest BCUT2D eigenvalue weighted by atomic mass is 16.2. The van der Waals surface area contributed by atoms with Crippen LogP contribution in [0, 0.1) is 6.92 Å². The van der Waals surface area contributed by atoms with Crippen molar-refractivity contribution >= 4 is 11.7 Å². The van der Waals surface area contributed by atoms with Gasteiger partial charge in [0.15, 0.2) is 0 Å². The van der Waals surface area contributed by atoms with Crippen LogP contribution in [0.3, 0.4) is 0 Å². The van der Waals surface area contributed by atoms with Crippen molar-refractivity contribution in [1.29, 1.82) is 0 Å². The van der Waals surface area contributed by atoms with Gasteiger partial charge in [-0.1, -0.05) is 6.07 Å². The van der Waals surface area contributed by atoms with Crippen LogP contribution in [0.4, 0.5) is 5.82 Å². The Morgan fingerprint density at radius 2 is 1.91 bits per heavy atom. The van der Waals surface area contributed by atoms with Gasteiger partial charge in [0.05, 0.1) is 0 Å². The number of pyridine rings is 2. The Kier molecular flexibility index (Phi) is 3.91. The summed E-state index contributed by atoms with van der Waals surface area (Å²) in [4.78, 5) is 35.2. The van der Waals surface area contributed by atoms with E-state index in [1.165, 1.54) is 0 Å². The Morgan fingerprint density at radius 3 is 2.55 bits per heavy atom. The number of rotatable bonds is 2. The third-order valence-corrected chi connectivity index (χ3v) is 3.83. The molecule has 1 fully saturated rings. The number of amides is 1. The first-order valence-corrected chi connectivity index (χ1v) is 7.30. The van der Waals surface area contributed by atoms with E-state index in [0.717, 1.165) is 11.5 Å². The number of nitrogens with zero attached hydrogens (tertiary/aromatic N) is 3. The number of H-pyrrole nitrogens is 1. The molecule has 114 valence electrons. The Morgan fingerprint density at radius 1 is 1.14 bits per heavy atom. The van der Waals surface area contributed by atoms with Crippen LogP contribution in [0.25, 0.3) is 0 Å². The van der Waals surface area contributed by atoms with Crippen LogP contribution in [0.5, 0.6) is 0 Å². The van der Waals surface area contributed by atoms with Crippen LogP contribution >= 0.6 is 0 Å². The molecule has 0 bridgehead atoms. The molecule has 6 nitrogen and oxygen atoms in total. The van der Waals surface area contributed by atoms with E-state index in [1.54, 1.807) is 30.2 Å². The normalized spacial score (nSPS) is 15.0. The zero-order chi connectivity index (χ0) is 15.5. The van der Waals surface area contributed by atoms with Gasteiger partial charge in [-0.05, 0) is 31.2 Å². The van der Waals surface area contributed by atoms with Gasteiger partial charge >= 0.3 is 0 Å². The number of nitrogens with one attached hydrogen (secondary N) is 1. The second-order valence-corrected chi connectivity index (χ2v) is 5.35. The van der Waals surface area contributed by atoms with Crippen molar-refractivity contribution in [2.24, 2.45) is 0 Å². The minimum Gasteiger partial charge on any atom is -0.353 e. The zero-order valence-electron chi connectivity index (χ0n) is 12.5. The summed E-state index contributed by atoms with van der Waals surface area (Å²) in [5, 5.41) is 0. The van der Waals surface area contributed by atoms with Gasteiger partial charge in [0, 0.05) is 38.1 Å². The molecule has 0 radical (unpaired) electrons. The molecule has 0 spiro atoms. The molecule has 2 aromatic heterocycles. The smallest absolute Gasteiger partial charge is 0.260 e. The SMILES string of the molecule is Cc1ccc(C(=O)N2CCN(c3ccccn3)CC2)c(=O)[nH]1. The molecule has 2 aromatic rings. The Labute approximate surface area is 128 Å². The average molecular weight is 298 g/mol. The van der Waals surface area contributed by atoms with Crippen LogP contribution in [0.2, 0.25) is 0 Å². The second-order valence-electron chi connectivity index (χ2n) is 5.35. The largest absolute Gasteiger partial charge is 0.353 e. The summed E-state index contributed by atoms with van der Waals surface area (Å²) in [7, 11) is 0. The number of piperazine rings is 1. The molecule has 0 atom stereocenters. The van der Waals surface area contributed by atoms with Crippen LogP contribution in [-0.4, -0.2) is 47.0 Å². The fraction of sp³-hybridized carbons (Fsp3) is 0.312. The lowest BCUT2D eigenvalue weighted by atomic mass is 10.2. The molecule has 3 heterocycles. The molecular formula is C16H18N4O2. The predicted octanol–water partition coefficient (Wildman–Crippen LogP) is 1.04. The number of aromatic amines is 1. The van der Waals surface area contributed by atoms with Gasteiger partial charge in [-0.2, -0.15) is 0 Å². The van der Waals surface area contributed by atoms with Crippen molar-refractivity contribution < 1.29 is 4.79 Å². The minimum absolute atomic E-state index is 0.205. The maximum absolute atomic E-state index is 12.4. The highest BCUT2D eigenvalue weighted by Crippen LogP contribution is 2.13. The average Bonchev–Trinajstić information content (AvgIpc) is 2.55. The van der Waals surface area contributed by atoms with E-state index in [1.807, 2.05) is 18.2 Å². The maximum Gasteiger partial charge on any atom is 0.260 e. The second kappa shape index (κ2) is 6.01. The van der Waals surface area contributed by atoms with E-state index in [0.29, 0.717) is 26.2 Å². The van der Waals surface area contributed by atoms with E-state index in [2.05, 4.69) is 14.9 Å². The monoisotopic (exact) mass is 298 g/mol. The zero-order valence-corrected chi connectivity index (χ0v) is 12.5. The topological polar surface area (TPSA) is 69.3 Å². The lowest BCUT2D eigenvalue weighted by Gasteiger charge is -2.35. The van der Waals surface area contributed by atoms with E-state index in [-0.39, 0.29) is 17.0 Å². The van der Waals surface area contributed by atoms with Crippen molar-refractivity contribution in [2.75, 3.05) is 31.1 Å². The van der Waals surface area contributed by atoms with Gasteiger partial charge in [0.25, 0.3) is 11.5 Å². The van der Waals surface area contributed by atoms with Gasteiger partial charge in [-0.25, -0.2) is 4.98 Å². The number of aromatic nitrogens is 2. The first-order chi connectivity index (χ1) is 10.6. The lowest BCUT2D eigenvalue weighted by Crippen LogP contribution is -2.49. The molecule has 1 aliphatic heterocycles. The van der Waals surface area contributed by atoms with Gasteiger partial charge in [0.2, 0.25) is 0 Å². The first kappa shape index (κ1) is 14.3. The Bertz CT molecular complexity index is 718. The third kappa shape index (κ3) is 2.86. The molecule has 6 heteroatoms. The first-order valence-electron chi connectivity index (χ1n) is 7.30. The molecule has 0 aromatic carbocycles. The summed E-state index contributed by atoms with van der Waals surface area (Å²) in [5.41, 5.74) is 0.635. The number of aryl methyl sites for hydroxylation is 1. The van der Waals surface area contributed by atoms with E-state index >= 15 is 0 Å². The third-order valence-electron chi connectivity index (χ3n) is 3.83. The summed E-state index contributed by atoms with van der Waals surface area (Å²) >= 11 is 0. The highest BCUT2D eigenvalue weighted by molar-refractivity contribution is 5.94. The van der Waals surface area contributed by atoms with Crippen molar-refractivity contribution in [2.45, 2.75) is 6.92 Å². The molecule has 1 N–H and O–H groups in total. The molecule has 1 amide bonds. The van der Waals surface area contributed by atoms with Gasteiger partial charge in [-0.3, -0.25) is 9.59 Å². The predicted molar refractivity (Wildman–Crippen MR) is 84.2 cm³/mol. The van der Waals surface area contributed by atoms with Crippen molar-refractivity contribution in [1.82, 2.24) is 14.9 Å². The van der Waals surface area contributed by atoms with Gasteiger partial charge < -0.3 is 14.8 Å². The standard InChI is InChI=1S/C16H18N4O2/c1-12-5-6-13(15(21)18-12)16(22)20-10-8-19(9-11-20)14-4-2-3-7-17-14/h2-7H,8-11H2,1H3,(H,18,21). The number of hydrogen-bond donors (Lipinski definition) is 1. The summed E-state index contributed by atoms with van der Waals surface area (Å²) < 4.78 is 0.